The highest BCUT2D eigenvalue weighted by Gasteiger charge is 2.21. The topological polar surface area (TPSA) is 37.4 Å². The molecule has 0 bridgehead atoms. The molecule has 3 rings (SSSR count). The van der Waals surface area contributed by atoms with Crippen molar-refractivity contribution in [1.82, 2.24) is 4.90 Å². The third kappa shape index (κ3) is 2.79. The molecule has 2 aromatic rings. The molecular formula is C15H14BrNO2S. The smallest absolute Gasteiger partial charge is 0.253 e. The first kappa shape index (κ1) is 13.8. The molecule has 1 aliphatic rings. The highest BCUT2D eigenvalue weighted by molar-refractivity contribution is 9.10. The van der Waals surface area contributed by atoms with Gasteiger partial charge in [0.25, 0.3) is 5.91 Å². The fourth-order valence-electron chi connectivity index (χ4n) is 2.37. The van der Waals surface area contributed by atoms with Crippen molar-refractivity contribution in [1.29, 1.82) is 0 Å². The van der Waals surface area contributed by atoms with Crippen LogP contribution in [0.4, 0.5) is 0 Å². The van der Waals surface area contributed by atoms with Gasteiger partial charge in [-0.1, -0.05) is 28.1 Å². The lowest BCUT2D eigenvalue weighted by molar-refractivity contribution is 0.0771. The molecule has 1 fully saturated rings. The maximum absolute atomic E-state index is 12.4. The van der Waals surface area contributed by atoms with Gasteiger partial charge in [0.05, 0.1) is 0 Å². The number of nitrogens with zero attached hydrogens (tertiary/aromatic N) is 1. The van der Waals surface area contributed by atoms with E-state index in [0.29, 0.717) is 30.2 Å². The SMILES string of the molecule is O=C(c1ccc2cc(Br)ccc2c1)N1CCS(=O)CC1. The molecule has 1 heterocycles. The largest absolute Gasteiger partial charge is 0.337 e. The van der Waals surface area contributed by atoms with Crippen LogP contribution in [0, 0.1) is 0 Å². The molecule has 1 amide bonds. The standard InChI is InChI=1S/C15H14BrNO2S/c16-14-4-3-11-9-13(2-1-12(11)10-14)15(18)17-5-7-20(19)8-6-17/h1-4,9-10H,5-8H2. The van der Waals surface area contributed by atoms with E-state index in [9.17, 15) is 9.00 Å². The van der Waals surface area contributed by atoms with Crippen LogP contribution >= 0.6 is 15.9 Å². The molecule has 0 unspecified atom stereocenters. The summed E-state index contributed by atoms with van der Waals surface area (Å²) in [5.41, 5.74) is 0.701. The molecule has 0 atom stereocenters. The lowest BCUT2D eigenvalue weighted by Crippen LogP contribution is -2.41. The van der Waals surface area contributed by atoms with Gasteiger partial charge in [0.2, 0.25) is 0 Å². The van der Waals surface area contributed by atoms with Crippen molar-refractivity contribution in [3.8, 4) is 0 Å². The number of hydrogen-bond acceptors (Lipinski definition) is 2. The second-order valence-electron chi connectivity index (χ2n) is 4.85. The van der Waals surface area contributed by atoms with Gasteiger partial charge in [-0.3, -0.25) is 9.00 Å². The van der Waals surface area contributed by atoms with Gasteiger partial charge in [0, 0.05) is 45.4 Å². The molecule has 104 valence electrons. The predicted molar refractivity (Wildman–Crippen MR) is 85.4 cm³/mol. The molecule has 20 heavy (non-hydrogen) atoms. The number of amides is 1. The molecule has 5 heteroatoms. The molecule has 0 radical (unpaired) electrons. The van der Waals surface area contributed by atoms with Crippen LogP contribution in [-0.4, -0.2) is 39.6 Å². The Morgan fingerprint density at radius 2 is 1.70 bits per heavy atom. The number of halogens is 1. The second kappa shape index (κ2) is 5.66. The molecule has 0 aliphatic carbocycles. The maximum Gasteiger partial charge on any atom is 0.253 e. The first-order chi connectivity index (χ1) is 9.63. The summed E-state index contributed by atoms with van der Waals surface area (Å²) in [4.78, 5) is 14.2. The van der Waals surface area contributed by atoms with Gasteiger partial charge < -0.3 is 4.90 Å². The number of rotatable bonds is 1. The minimum absolute atomic E-state index is 0.0338. The number of carbonyl (C=O) groups is 1. The monoisotopic (exact) mass is 351 g/mol. The number of benzene rings is 2. The summed E-state index contributed by atoms with van der Waals surface area (Å²) < 4.78 is 12.4. The van der Waals surface area contributed by atoms with Crippen molar-refractivity contribution >= 4 is 43.4 Å². The van der Waals surface area contributed by atoms with Crippen molar-refractivity contribution in [2.45, 2.75) is 0 Å². The van der Waals surface area contributed by atoms with E-state index < -0.39 is 10.8 Å². The van der Waals surface area contributed by atoms with Crippen LogP contribution in [0.2, 0.25) is 0 Å². The summed E-state index contributed by atoms with van der Waals surface area (Å²) in [6, 6.07) is 11.8. The van der Waals surface area contributed by atoms with Crippen molar-refractivity contribution in [3.63, 3.8) is 0 Å². The van der Waals surface area contributed by atoms with Crippen molar-refractivity contribution in [2.75, 3.05) is 24.6 Å². The lowest BCUT2D eigenvalue weighted by Gasteiger charge is -2.26. The molecule has 3 nitrogen and oxygen atoms in total. The van der Waals surface area contributed by atoms with E-state index in [0.717, 1.165) is 15.2 Å². The Hall–Kier alpha value is -1.20. The zero-order chi connectivity index (χ0) is 14.1. The van der Waals surface area contributed by atoms with Crippen molar-refractivity contribution in [2.24, 2.45) is 0 Å². The predicted octanol–water partition coefficient (Wildman–Crippen LogP) is 2.81. The van der Waals surface area contributed by atoms with Crippen LogP contribution in [0.25, 0.3) is 10.8 Å². The Balaban J connectivity index is 1.88. The van der Waals surface area contributed by atoms with E-state index >= 15 is 0 Å². The van der Waals surface area contributed by atoms with Crippen LogP contribution < -0.4 is 0 Å². The summed E-state index contributed by atoms with van der Waals surface area (Å²) in [6.07, 6.45) is 0. The molecule has 0 N–H and O–H groups in total. The maximum atomic E-state index is 12.4. The molecule has 1 saturated heterocycles. The van der Waals surface area contributed by atoms with E-state index in [1.807, 2.05) is 36.4 Å². The third-order valence-corrected chi connectivity index (χ3v) is 5.28. The quantitative estimate of drug-likeness (QED) is 0.792. The van der Waals surface area contributed by atoms with E-state index in [4.69, 9.17) is 0 Å². The van der Waals surface area contributed by atoms with Gasteiger partial charge in [0.15, 0.2) is 0 Å². The first-order valence-electron chi connectivity index (χ1n) is 6.47. The average molecular weight is 352 g/mol. The molecule has 0 saturated carbocycles. The first-order valence-corrected chi connectivity index (χ1v) is 8.75. The highest BCUT2D eigenvalue weighted by Crippen LogP contribution is 2.21. The van der Waals surface area contributed by atoms with E-state index in [1.54, 1.807) is 4.90 Å². The molecular weight excluding hydrogens is 338 g/mol. The summed E-state index contributed by atoms with van der Waals surface area (Å²) in [6.45, 7) is 1.17. The second-order valence-corrected chi connectivity index (χ2v) is 7.46. The van der Waals surface area contributed by atoms with Crippen LogP contribution in [0.1, 0.15) is 10.4 Å². The van der Waals surface area contributed by atoms with Gasteiger partial charge >= 0.3 is 0 Å². The van der Waals surface area contributed by atoms with Crippen LogP contribution in [0.3, 0.4) is 0 Å². The minimum Gasteiger partial charge on any atom is -0.337 e. The van der Waals surface area contributed by atoms with Crippen LogP contribution in [0.15, 0.2) is 40.9 Å². The summed E-state index contributed by atoms with van der Waals surface area (Å²) in [7, 11) is -0.758. The molecule has 0 spiro atoms. The van der Waals surface area contributed by atoms with Gasteiger partial charge in [-0.05, 0) is 35.0 Å². The van der Waals surface area contributed by atoms with Crippen LogP contribution in [0.5, 0.6) is 0 Å². The summed E-state index contributed by atoms with van der Waals surface area (Å²) >= 11 is 3.44. The van der Waals surface area contributed by atoms with Gasteiger partial charge in [-0.2, -0.15) is 0 Å². The Labute approximate surface area is 128 Å². The summed E-state index contributed by atoms with van der Waals surface area (Å²) in [5.74, 6) is 1.21. The van der Waals surface area contributed by atoms with Crippen LogP contribution in [-0.2, 0) is 10.8 Å². The van der Waals surface area contributed by atoms with Gasteiger partial charge in [-0.25, -0.2) is 0 Å². The zero-order valence-electron chi connectivity index (χ0n) is 10.8. The van der Waals surface area contributed by atoms with Crippen molar-refractivity contribution in [3.05, 3.63) is 46.4 Å². The molecule has 1 aliphatic heterocycles. The van der Waals surface area contributed by atoms with E-state index in [-0.39, 0.29) is 5.91 Å². The minimum atomic E-state index is -0.758. The fraction of sp³-hybridized carbons (Fsp3) is 0.267. The van der Waals surface area contributed by atoms with E-state index in [1.165, 1.54) is 0 Å². The van der Waals surface area contributed by atoms with Gasteiger partial charge in [0.1, 0.15) is 0 Å². The van der Waals surface area contributed by atoms with E-state index in [2.05, 4.69) is 15.9 Å². The molecule has 0 aromatic heterocycles. The van der Waals surface area contributed by atoms with Crippen molar-refractivity contribution < 1.29 is 9.00 Å². The third-order valence-electron chi connectivity index (χ3n) is 3.51. The van der Waals surface area contributed by atoms with Gasteiger partial charge in [-0.15, -0.1) is 0 Å². The normalized spacial score (nSPS) is 16.6. The average Bonchev–Trinajstić information content (AvgIpc) is 2.47. The highest BCUT2D eigenvalue weighted by atomic mass is 79.9. The lowest BCUT2D eigenvalue weighted by atomic mass is 10.1. The zero-order valence-corrected chi connectivity index (χ0v) is 13.2. The number of fused-ring (bicyclic) bond motifs is 1. The summed E-state index contributed by atoms with van der Waals surface area (Å²) in [5, 5.41) is 2.16. The Morgan fingerprint density at radius 3 is 2.45 bits per heavy atom. The number of hydrogen-bond donors (Lipinski definition) is 0. The Bertz CT molecular complexity index is 691. The Kier molecular flexibility index (Phi) is 3.89. The fourth-order valence-corrected chi connectivity index (χ4v) is 3.80. The molecule has 2 aromatic carbocycles. The number of carbonyl (C=O) groups excluding carboxylic acids is 1. The Morgan fingerprint density at radius 1 is 1.05 bits per heavy atom.